The largest absolute Gasteiger partial charge is 0.479 e. The lowest BCUT2D eigenvalue weighted by molar-refractivity contribution is -0.142. The number of carboxylic acid groups (broad SMARTS) is 1. The van der Waals surface area contributed by atoms with Gasteiger partial charge in [0.05, 0.1) is 0 Å². The topological polar surface area (TPSA) is 69.6 Å². The molecule has 1 fully saturated rings. The minimum Gasteiger partial charge on any atom is -0.479 e. The Bertz CT molecular complexity index is 553. The minimum absolute atomic E-state index is 0.115. The SMILES string of the molecule is CC(NC(=O)N1CCc2sccc2C1C(=O)O)C1CCC1. The van der Waals surface area contributed by atoms with E-state index in [0.29, 0.717) is 12.5 Å². The highest BCUT2D eigenvalue weighted by Crippen LogP contribution is 2.34. The zero-order valence-electron chi connectivity index (χ0n) is 12.0. The number of nitrogens with one attached hydrogen (secondary N) is 1. The minimum atomic E-state index is -0.958. The second-order valence-corrected chi connectivity index (χ2v) is 6.91. The number of hydrogen-bond acceptors (Lipinski definition) is 3. The highest BCUT2D eigenvalue weighted by Gasteiger charge is 2.37. The number of rotatable bonds is 3. The van der Waals surface area contributed by atoms with Gasteiger partial charge in [0.2, 0.25) is 0 Å². The number of carbonyl (C=O) groups excluding carboxylic acids is 1. The van der Waals surface area contributed by atoms with Crippen LogP contribution >= 0.6 is 11.3 Å². The van der Waals surface area contributed by atoms with Gasteiger partial charge in [-0.15, -0.1) is 11.3 Å². The average Bonchev–Trinajstić information content (AvgIpc) is 2.82. The summed E-state index contributed by atoms with van der Waals surface area (Å²) in [7, 11) is 0. The van der Waals surface area contributed by atoms with Gasteiger partial charge in [-0.3, -0.25) is 0 Å². The smallest absolute Gasteiger partial charge is 0.331 e. The summed E-state index contributed by atoms with van der Waals surface area (Å²) in [5.74, 6) is -0.417. The highest BCUT2D eigenvalue weighted by atomic mass is 32.1. The Morgan fingerprint density at radius 2 is 2.24 bits per heavy atom. The van der Waals surface area contributed by atoms with E-state index in [1.165, 1.54) is 11.3 Å². The van der Waals surface area contributed by atoms with Gasteiger partial charge in [0.1, 0.15) is 0 Å². The Morgan fingerprint density at radius 1 is 1.48 bits per heavy atom. The third-order valence-electron chi connectivity index (χ3n) is 4.67. The maximum absolute atomic E-state index is 12.5. The summed E-state index contributed by atoms with van der Waals surface area (Å²) in [5, 5.41) is 14.4. The molecule has 3 rings (SSSR count). The van der Waals surface area contributed by atoms with Gasteiger partial charge >= 0.3 is 12.0 Å². The van der Waals surface area contributed by atoms with Gasteiger partial charge in [-0.1, -0.05) is 6.42 Å². The van der Waals surface area contributed by atoms with Crippen LogP contribution in [0.25, 0.3) is 0 Å². The third-order valence-corrected chi connectivity index (χ3v) is 5.67. The lowest BCUT2D eigenvalue weighted by atomic mass is 9.80. The number of fused-ring (bicyclic) bond motifs is 1. The molecule has 1 aromatic rings. The van der Waals surface area contributed by atoms with Gasteiger partial charge in [0, 0.05) is 17.5 Å². The number of carbonyl (C=O) groups is 2. The molecule has 2 aliphatic rings. The van der Waals surface area contributed by atoms with Gasteiger partial charge in [-0.2, -0.15) is 0 Å². The first kappa shape index (κ1) is 14.4. The van der Waals surface area contributed by atoms with E-state index < -0.39 is 12.0 Å². The van der Waals surface area contributed by atoms with Crippen molar-refractivity contribution >= 4 is 23.3 Å². The van der Waals surface area contributed by atoms with E-state index in [9.17, 15) is 14.7 Å². The summed E-state index contributed by atoms with van der Waals surface area (Å²) in [6, 6.07) is 0.838. The van der Waals surface area contributed by atoms with Crippen molar-refractivity contribution in [3.8, 4) is 0 Å². The van der Waals surface area contributed by atoms with E-state index in [2.05, 4.69) is 5.32 Å². The second kappa shape index (κ2) is 5.67. The van der Waals surface area contributed by atoms with E-state index in [1.54, 1.807) is 11.3 Å². The van der Waals surface area contributed by atoms with E-state index >= 15 is 0 Å². The quantitative estimate of drug-likeness (QED) is 0.902. The van der Waals surface area contributed by atoms with Crippen LogP contribution in [0.2, 0.25) is 0 Å². The Labute approximate surface area is 128 Å². The fourth-order valence-electron chi connectivity index (χ4n) is 3.14. The first-order chi connectivity index (χ1) is 10.1. The molecule has 2 amide bonds. The Hall–Kier alpha value is -1.56. The molecule has 0 radical (unpaired) electrons. The molecule has 2 atom stereocenters. The van der Waals surface area contributed by atoms with Crippen LogP contribution in [-0.2, 0) is 11.2 Å². The molecule has 21 heavy (non-hydrogen) atoms. The zero-order chi connectivity index (χ0) is 15.0. The molecule has 2 unspecified atom stereocenters. The molecular weight excluding hydrogens is 288 g/mol. The van der Waals surface area contributed by atoms with Gasteiger partial charge in [0.15, 0.2) is 6.04 Å². The number of nitrogens with zero attached hydrogens (tertiary/aromatic N) is 1. The number of aliphatic carboxylic acids is 1. The summed E-state index contributed by atoms with van der Waals surface area (Å²) in [6.07, 6.45) is 4.27. The summed E-state index contributed by atoms with van der Waals surface area (Å²) in [6.45, 7) is 2.48. The molecule has 0 saturated heterocycles. The van der Waals surface area contributed by atoms with Gasteiger partial charge < -0.3 is 15.3 Å². The Morgan fingerprint density at radius 3 is 2.86 bits per heavy atom. The third kappa shape index (κ3) is 2.64. The average molecular weight is 308 g/mol. The Kier molecular flexibility index (Phi) is 3.89. The monoisotopic (exact) mass is 308 g/mol. The van der Waals surface area contributed by atoms with Crippen LogP contribution in [0.1, 0.15) is 42.7 Å². The van der Waals surface area contributed by atoms with Crippen LogP contribution in [0, 0.1) is 5.92 Å². The zero-order valence-corrected chi connectivity index (χ0v) is 12.9. The van der Waals surface area contributed by atoms with Gasteiger partial charge in [-0.25, -0.2) is 9.59 Å². The summed E-state index contributed by atoms with van der Waals surface area (Å²) >= 11 is 1.57. The molecule has 0 bridgehead atoms. The molecule has 2 heterocycles. The van der Waals surface area contributed by atoms with Crippen molar-refractivity contribution in [2.75, 3.05) is 6.54 Å². The van der Waals surface area contributed by atoms with Gasteiger partial charge in [0.25, 0.3) is 0 Å². The van der Waals surface area contributed by atoms with E-state index in [4.69, 9.17) is 0 Å². The van der Waals surface area contributed by atoms with Crippen LogP contribution in [0.4, 0.5) is 4.79 Å². The predicted octanol–water partition coefficient (Wildman–Crippen LogP) is 2.63. The lowest BCUT2D eigenvalue weighted by Crippen LogP contribution is -2.51. The number of amides is 2. The van der Waals surface area contributed by atoms with E-state index in [0.717, 1.165) is 29.7 Å². The van der Waals surface area contributed by atoms with Gasteiger partial charge in [-0.05, 0) is 49.1 Å². The maximum atomic E-state index is 12.5. The number of urea groups is 1. The van der Waals surface area contributed by atoms with E-state index in [-0.39, 0.29) is 12.1 Å². The van der Waals surface area contributed by atoms with Crippen molar-refractivity contribution in [2.45, 2.75) is 44.7 Å². The van der Waals surface area contributed by atoms with Crippen LogP contribution in [0.3, 0.4) is 0 Å². The Balaban J connectivity index is 1.74. The molecule has 0 spiro atoms. The number of thiophene rings is 1. The molecule has 114 valence electrons. The van der Waals surface area contributed by atoms with Crippen molar-refractivity contribution in [2.24, 2.45) is 5.92 Å². The molecule has 0 aromatic carbocycles. The van der Waals surface area contributed by atoms with Crippen LogP contribution in [0.5, 0.6) is 0 Å². The lowest BCUT2D eigenvalue weighted by Gasteiger charge is -2.37. The molecule has 5 nitrogen and oxygen atoms in total. The van der Waals surface area contributed by atoms with Crippen LogP contribution in [0.15, 0.2) is 11.4 Å². The number of carboxylic acids is 1. The standard InChI is InChI=1S/C15H20N2O3S/c1-9(10-3-2-4-10)16-15(20)17-7-5-12-11(6-8-21-12)13(17)14(18)19/h6,8-10,13H,2-5,7H2,1H3,(H,16,20)(H,18,19). The van der Waals surface area contributed by atoms with Crippen LogP contribution < -0.4 is 5.32 Å². The normalized spacial score (nSPS) is 23.1. The summed E-state index contributed by atoms with van der Waals surface area (Å²) in [4.78, 5) is 26.6. The van der Waals surface area contributed by atoms with Crippen molar-refractivity contribution in [1.82, 2.24) is 10.2 Å². The maximum Gasteiger partial charge on any atom is 0.331 e. The number of hydrogen-bond donors (Lipinski definition) is 2. The van der Waals surface area contributed by atoms with Crippen molar-refractivity contribution in [1.29, 1.82) is 0 Å². The molecule has 6 heteroatoms. The van der Waals surface area contributed by atoms with Crippen molar-refractivity contribution in [3.05, 3.63) is 21.9 Å². The summed E-state index contributed by atoms with van der Waals surface area (Å²) < 4.78 is 0. The van der Waals surface area contributed by atoms with E-state index in [1.807, 2.05) is 18.4 Å². The molecular formula is C15H20N2O3S. The second-order valence-electron chi connectivity index (χ2n) is 5.91. The fourth-order valence-corrected chi connectivity index (χ4v) is 4.04. The molecule has 1 aliphatic heterocycles. The summed E-state index contributed by atoms with van der Waals surface area (Å²) in [5.41, 5.74) is 0.769. The molecule has 1 saturated carbocycles. The molecule has 1 aromatic heterocycles. The van der Waals surface area contributed by atoms with Crippen molar-refractivity contribution < 1.29 is 14.7 Å². The fraction of sp³-hybridized carbons (Fsp3) is 0.600. The first-order valence-corrected chi connectivity index (χ1v) is 8.32. The van der Waals surface area contributed by atoms with Crippen molar-refractivity contribution in [3.63, 3.8) is 0 Å². The predicted molar refractivity (Wildman–Crippen MR) is 80.4 cm³/mol. The molecule has 1 aliphatic carbocycles. The van der Waals surface area contributed by atoms with Crippen LogP contribution in [-0.4, -0.2) is 34.6 Å². The highest BCUT2D eigenvalue weighted by molar-refractivity contribution is 7.10. The molecule has 2 N–H and O–H groups in total. The first-order valence-electron chi connectivity index (χ1n) is 7.44.